The molecule has 0 amide bonds. The van der Waals surface area contributed by atoms with Gasteiger partial charge in [0, 0.05) is 0 Å². The summed E-state index contributed by atoms with van der Waals surface area (Å²) in [4.78, 5) is 11.8. The van der Waals surface area contributed by atoms with E-state index in [-0.39, 0.29) is 22.4 Å². The van der Waals surface area contributed by atoms with Crippen LogP contribution in [-0.4, -0.2) is 12.6 Å². The largest absolute Gasteiger partial charge is 0.466 e. The molecule has 0 heterocycles. The van der Waals surface area contributed by atoms with Crippen molar-refractivity contribution in [3.63, 3.8) is 0 Å². The predicted molar refractivity (Wildman–Crippen MR) is 87.2 cm³/mol. The summed E-state index contributed by atoms with van der Waals surface area (Å²) in [5.41, 5.74) is 2.32. The van der Waals surface area contributed by atoms with Crippen LogP contribution in [0.15, 0.2) is 36.4 Å². The van der Waals surface area contributed by atoms with Gasteiger partial charge in [0.05, 0.1) is 28.1 Å². The summed E-state index contributed by atoms with van der Waals surface area (Å²) >= 11 is 18.5. The van der Waals surface area contributed by atoms with Crippen molar-refractivity contribution in [3.05, 3.63) is 57.0 Å². The summed E-state index contributed by atoms with van der Waals surface area (Å²) < 4.78 is 4.99. The Balaban J connectivity index is 2.55. The number of ether oxygens (including phenoxy) is 1. The lowest BCUT2D eigenvalue weighted by Gasteiger charge is -2.14. The third-order valence-corrected chi connectivity index (χ3v) is 4.28. The first kappa shape index (κ1) is 16.2. The molecule has 0 unspecified atom stereocenters. The van der Waals surface area contributed by atoms with Gasteiger partial charge < -0.3 is 4.74 Å². The van der Waals surface area contributed by atoms with Gasteiger partial charge in [0.15, 0.2) is 0 Å². The first-order valence-corrected chi connectivity index (χ1v) is 7.55. The average Bonchev–Trinajstić information content (AvgIpc) is 2.49. The van der Waals surface area contributed by atoms with Crippen LogP contribution in [0.5, 0.6) is 0 Å². The van der Waals surface area contributed by atoms with E-state index >= 15 is 0 Å². The molecule has 0 fully saturated rings. The fraction of sp³-hybridized carbons (Fsp3) is 0.188. The maximum atomic E-state index is 11.8. The van der Waals surface area contributed by atoms with E-state index in [9.17, 15) is 4.79 Å². The SMILES string of the molecule is CCOC(=O)Cc1c(-c2ccccc2)cc(Cl)c(Cl)c1Cl. The van der Waals surface area contributed by atoms with Gasteiger partial charge in [-0.05, 0) is 29.7 Å². The zero-order valence-corrected chi connectivity index (χ0v) is 13.6. The molecule has 0 saturated heterocycles. The lowest BCUT2D eigenvalue weighted by molar-refractivity contribution is -0.142. The maximum absolute atomic E-state index is 11.8. The van der Waals surface area contributed by atoms with Crippen molar-refractivity contribution in [2.24, 2.45) is 0 Å². The Bertz CT molecular complexity index is 654. The Labute approximate surface area is 138 Å². The quantitative estimate of drug-likeness (QED) is 0.547. The van der Waals surface area contributed by atoms with E-state index in [0.29, 0.717) is 17.2 Å². The highest BCUT2D eigenvalue weighted by Gasteiger charge is 2.18. The van der Waals surface area contributed by atoms with Crippen molar-refractivity contribution in [2.75, 3.05) is 6.61 Å². The van der Waals surface area contributed by atoms with Gasteiger partial charge in [0.2, 0.25) is 0 Å². The number of esters is 1. The molecule has 21 heavy (non-hydrogen) atoms. The molecule has 0 N–H and O–H groups in total. The van der Waals surface area contributed by atoms with Gasteiger partial charge in [0.1, 0.15) is 0 Å². The van der Waals surface area contributed by atoms with Crippen molar-refractivity contribution >= 4 is 40.8 Å². The zero-order chi connectivity index (χ0) is 15.4. The topological polar surface area (TPSA) is 26.3 Å². The molecule has 110 valence electrons. The number of carbonyl (C=O) groups excluding carboxylic acids is 1. The Morgan fingerprint density at radius 2 is 1.76 bits per heavy atom. The van der Waals surface area contributed by atoms with Crippen molar-refractivity contribution in [1.29, 1.82) is 0 Å². The highest BCUT2D eigenvalue weighted by molar-refractivity contribution is 6.48. The Morgan fingerprint density at radius 3 is 2.38 bits per heavy atom. The summed E-state index contributed by atoms with van der Waals surface area (Å²) in [5, 5.41) is 0.890. The first-order valence-electron chi connectivity index (χ1n) is 6.42. The summed E-state index contributed by atoms with van der Waals surface area (Å²) in [6.07, 6.45) is 0.0494. The fourth-order valence-electron chi connectivity index (χ4n) is 2.04. The van der Waals surface area contributed by atoms with Crippen LogP contribution in [0.4, 0.5) is 0 Å². The number of hydrogen-bond acceptors (Lipinski definition) is 2. The fourth-order valence-corrected chi connectivity index (χ4v) is 2.73. The monoisotopic (exact) mass is 342 g/mol. The Kier molecular flexibility index (Phi) is 5.51. The summed E-state index contributed by atoms with van der Waals surface area (Å²) in [5.74, 6) is -0.352. The van der Waals surface area contributed by atoms with E-state index in [2.05, 4.69) is 0 Å². The molecule has 0 bridgehead atoms. The predicted octanol–water partition coefficient (Wildman–Crippen LogP) is 5.42. The van der Waals surface area contributed by atoms with Gasteiger partial charge >= 0.3 is 5.97 Å². The number of halogens is 3. The molecular weight excluding hydrogens is 331 g/mol. The lowest BCUT2D eigenvalue weighted by atomic mass is 9.97. The molecule has 0 spiro atoms. The maximum Gasteiger partial charge on any atom is 0.310 e. The third-order valence-electron chi connectivity index (χ3n) is 2.97. The number of benzene rings is 2. The summed E-state index contributed by atoms with van der Waals surface area (Å²) in [6, 6.07) is 11.3. The third kappa shape index (κ3) is 3.70. The number of carbonyl (C=O) groups is 1. The van der Waals surface area contributed by atoms with E-state index in [1.54, 1.807) is 13.0 Å². The first-order chi connectivity index (χ1) is 10.0. The molecule has 0 aliphatic heterocycles. The molecule has 2 aromatic carbocycles. The van der Waals surface area contributed by atoms with Crippen molar-refractivity contribution in [3.8, 4) is 11.1 Å². The molecule has 2 rings (SSSR count). The molecule has 0 aliphatic rings. The standard InChI is InChI=1S/C16H13Cl3O2/c1-2-21-14(20)9-12-11(10-6-4-3-5-7-10)8-13(17)16(19)15(12)18/h3-8H,2,9H2,1H3. The molecule has 0 atom stereocenters. The zero-order valence-electron chi connectivity index (χ0n) is 11.3. The molecule has 0 saturated carbocycles. The highest BCUT2D eigenvalue weighted by atomic mass is 35.5. The van der Waals surface area contributed by atoms with Gasteiger partial charge in [-0.3, -0.25) is 4.79 Å². The van der Waals surface area contributed by atoms with Crippen LogP contribution in [0.1, 0.15) is 12.5 Å². The molecule has 5 heteroatoms. The summed E-state index contributed by atoms with van der Waals surface area (Å²) in [6.45, 7) is 2.07. The second kappa shape index (κ2) is 7.17. The molecule has 0 aliphatic carbocycles. The van der Waals surface area contributed by atoms with Crippen LogP contribution in [-0.2, 0) is 16.0 Å². The number of hydrogen-bond donors (Lipinski definition) is 0. The van der Waals surface area contributed by atoms with E-state index in [0.717, 1.165) is 11.1 Å². The van der Waals surface area contributed by atoms with Gasteiger partial charge in [0.25, 0.3) is 0 Å². The van der Waals surface area contributed by atoms with E-state index in [1.807, 2.05) is 30.3 Å². The number of rotatable bonds is 4. The Morgan fingerprint density at radius 1 is 1.10 bits per heavy atom. The Hall–Kier alpha value is -1.22. The van der Waals surface area contributed by atoms with Gasteiger partial charge in [-0.2, -0.15) is 0 Å². The van der Waals surface area contributed by atoms with E-state index < -0.39 is 0 Å². The molecule has 0 aromatic heterocycles. The van der Waals surface area contributed by atoms with Crippen molar-refractivity contribution in [1.82, 2.24) is 0 Å². The second-order valence-corrected chi connectivity index (χ2v) is 5.52. The normalized spacial score (nSPS) is 10.5. The highest BCUT2D eigenvalue weighted by Crippen LogP contribution is 2.39. The molecular formula is C16H13Cl3O2. The smallest absolute Gasteiger partial charge is 0.310 e. The van der Waals surface area contributed by atoms with Gasteiger partial charge in [-0.25, -0.2) is 0 Å². The van der Waals surface area contributed by atoms with Crippen molar-refractivity contribution < 1.29 is 9.53 Å². The minimum Gasteiger partial charge on any atom is -0.466 e. The second-order valence-electron chi connectivity index (χ2n) is 4.36. The van der Waals surface area contributed by atoms with E-state index in [1.165, 1.54) is 0 Å². The molecule has 2 nitrogen and oxygen atoms in total. The van der Waals surface area contributed by atoms with Crippen LogP contribution in [0.25, 0.3) is 11.1 Å². The van der Waals surface area contributed by atoms with Crippen LogP contribution in [0.2, 0.25) is 15.1 Å². The van der Waals surface area contributed by atoms with Crippen LogP contribution in [0.3, 0.4) is 0 Å². The minimum atomic E-state index is -0.352. The lowest BCUT2D eigenvalue weighted by Crippen LogP contribution is -2.09. The van der Waals surface area contributed by atoms with Crippen LogP contribution < -0.4 is 0 Å². The van der Waals surface area contributed by atoms with Crippen LogP contribution >= 0.6 is 34.8 Å². The van der Waals surface area contributed by atoms with Crippen molar-refractivity contribution in [2.45, 2.75) is 13.3 Å². The summed E-state index contributed by atoms with van der Waals surface area (Å²) in [7, 11) is 0. The van der Waals surface area contributed by atoms with Gasteiger partial charge in [-0.15, -0.1) is 0 Å². The molecule has 2 aromatic rings. The molecule has 0 radical (unpaired) electrons. The average molecular weight is 344 g/mol. The van der Waals surface area contributed by atoms with Gasteiger partial charge in [-0.1, -0.05) is 65.1 Å². The van der Waals surface area contributed by atoms with E-state index in [4.69, 9.17) is 39.5 Å². The van der Waals surface area contributed by atoms with Crippen LogP contribution in [0, 0.1) is 0 Å². The minimum absolute atomic E-state index is 0.0494.